The first kappa shape index (κ1) is 15.5. The van der Waals surface area contributed by atoms with Crippen molar-refractivity contribution in [2.24, 2.45) is 0 Å². The van der Waals surface area contributed by atoms with Crippen molar-refractivity contribution in [2.75, 3.05) is 5.73 Å². The number of hydrogen-bond acceptors (Lipinski definition) is 5. The number of anilines is 1. The summed E-state index contributed by atoms with van der Waals surface area (Å²) in [7, 11) is -8.38. The van der Waals surface area contributed by atoms with E-state index in [1.807, 2.05) is 0 Å². The summed E-state index contributed by atoms with van der Waals surface area (Å²) in [5, 5.41) is 0. The van der Waals surface area contributed by atoms with Crippen molar-refractivity contribution in [2.45, 2.75) is 21.6 Å². The molecule has 0 bridgehead atoms. The fourth-order valence-electron chi connectivity index (χ4n) is 1.81. The Morgan fingerprint density at radius 1 is 0.905 bits per heavy atom. The SMILES string of the molecule is Cc1ccc(S(=O)(=O)c2ccc(N)cc2)cc1S(=O)(=O)O. The molecule has 0 saturated carbocycles. The zero-order valence-electron chi connectivity index (χ0n) is 11.0. The first-order valence-electron chi connectivity index (χ1n) is 5.81. The highest BCUT2D eigenvalue weighted by Gasteiger charge is 2.21. The molecular weight excluding hydrogens is 314 g/mol. The van der Waals surface area contributed by atoms with E-state index in [0.717, 1.165) is 6.07 Å². The molecule has 0 aliphatic rings. The summed E-state index contributed by atoms with van der Waals surface area (Å²) in [6.45, 7) is 1.46. The minimum Gasteiger partial charge on any atom is -0.399 e. The van der Waals surface area contributed by atoms with Gasteiger partial charge < -0.3 is 5.73 Å². The molecule has 0 fully saturated rings. The molecule has 2 aromatic carbocycles. The van der Waals surface area contributed by atoms with E-state index in [1.54, 1.807) is 0 Å². The molecule has 0 heterocycles. The highest BCUT2D eigenvalue weighted by atomic mass is 32.2. The van der Waals surface area contributed by atoms with Crippen molar-refractivity contribution in [3.05, 3.63) is 48.0 Å². The molecule has 0 atom stereocenters. The average Bonchev–Trinajstić information content (AvgIpc) is 2.38. The van der Waals surface area contributed by atoms with Crippen LogP contribution in [0.15, 0.2) is 57.2 Å². The maximum Gasteiger partial charge on any atom is 0.294 e. The van der Waals surface area contributed by atoms with E-state index >= 15 is 0 Å². The molecule has 8 heteroatoms. The van der Waals surface area contributed by atoms with Crippen molar-refractivity contribution in [1.82, 2.24) is 0 Å². The van der Waals surface area contributed by atoms with Crippen molar-refractivity contribution in [3.63, 3.8) is 0 Å². The lowest BCUT2D eigenvalue weighted by Gasteiger charge is -2.08. The monoisotopic (exact) mass is 327 g/mol. The molecule has 0 aliphatic carbocycles. The first-order chi connectivity index (χ1) is 9.62. The van der Waals surface area contributed by atoms with Crippen LogP contribution in [0.1, 0.15) is 5.56 Å². The second-order valence-corrected chi connectivity index (χ2v) is 7.81. The summed E-state index contributed by atoms with van der Waals surface area (Å²) >= 11 is 0. The van der Waals surface area contributed by atoms with Gasteiger partial charge in [0.1, 0.15) is 0 Å². The number of nitrogens with two attached hydrogens (primary N) is 1. The molecule has 0 aromatic heterocycles. The maximum atomic E-state index is 12.4. The second-order valence-electron chi connectivity index (χ2n) is 4.47. The smallest absolute Gasteiger partial charge is 0.294 e. The van der Waals surface area contributed by atoms with Crippen LogP contribution in [0.25, 0.3) is 0 Å². The van der Waals surface area contributed by atoms with E-state index in [-0.39, 0.29) is 15.4 Å². The molecule has 21 heavy (non-hydrogen) atoms. The van der Waals surface area contributed by atoms with Gasteiger partial charge in [0, 0.05) is 5.69 Å². The van der Waals surface area contributed by atoms with Crippen LogP contribution in [-0.4, -0.2) is 21.4 Å². The Morgan fingerprint density at radius 2 is 1.43 bits per heavy atom. The van der Waals surface area contributed by atoms with Gasteiger partial charge in [-0.15, -0.1) is 0 Å². The minimum atomic E-state index is -4.49. The Hall–Kier alpha value is -1.90. The first-order valence-corrected chi connectivity index (χ1v) is 8.73. The molecule has 0 saturated heterocycles. The van der Waals surface area contributed by atoms with Gasteiger partial charge in [0.05, 0.1) is 14.7 Å². The van der Waals surface area contributed by atoms with Gasteiger partial charge in [-0.2, -0.15) is 8.42 Å². The predicted octanol–water partition coefficient (Wildman–Crippen LogP) is 1.66. The lowest BCUT2D eigenvalue weighted by molar-refractivity contribution is 0.482. The van der Waals surface area contributed by atoms with Crippen LogP contribution in [-0.2, 0) is 20.0 Å². The van der Waals surface area contributed by atoms with Crippen LogP contribution in [0.5, 0.6) is 0 Å². The molecule has 2 aromatic rings. The largest absolute Gasteiger partial charge is 0.399 e. The van der Waals surface area contributed by atoms with E-state index in [0.29, 0.717) is 5.69 Å². The molecule has 0 radical (unpaired) electrons. The summed E-state index contributed by atoms with van der Waals surface area (Å²) in [4.78, 5) is -0.661. The highest BCUT2D eigenvalue weighted by molar-refractivity contribution is 7.91. The van der Waals surface area contributed by atoms with E-state index in [4.69, 9.17) is 10.3 Å². The third-order valence-corrected chi connectivity index (χ3v) is 5.70. The number of aryl methyl sites for hydroxylation is 1. The third kappa shape index (κ3) is 3.07. The van der Waals surface area contributed by atoms with Crippen LogP contribution in [0.2, 0.25) is 0 Å². The predicted molar refractivity (Wildman–Crippen MR) is 77.3 cm³/mol. The Morgan fingerprint density at radius 3 is 1.95 bits per heavy atom. The zero-order chi connectivity index (χ0) is 15.8. The van der Waals surface area contributed by atoms with Gasteiger partial charge in [0.15, 0.2) is 0 Å². The number of hydrogen-bond donors (Lipinski definition) is 2. The molecule has 3 N–H and O–H groups in total. The Balaban J connectivity index is 2.64. The maximum absolute atomic E-state index is 12.4. The summed E-state index contributed by atoms with van der Waals surface area (Å²) < 4.78 is 56.5. The lowest BCUT2D eigenvalue weighted by Crippen LogP contribution is -2.06. The Kier molecular flexibility index (Phi) is 3.79. The fraction of sp³-hybridized carbons (Fsp3) is 0.0769. The number of nitrogen functional groups attached to an aromatic ring is 1. The molecule has 2 rings (SSSR count). The second kappa shape index (κ2) is 5.14. The number of benzene rings is 2. The van der Waals surface area contributed by atoms with E-state index in [9.17, 15) is 16.8 Å². The van der Waals surface area contributed by atoms with E-state index in [2.05, 4.69) is 0 Å². The molecule has 0 aliphatic heterocycles. The van der Waals surface area contributed by atoms with Crippen molar-refractivity contribution >= 4 is 25.6 Å². The van der Waals surface area contributed by atoms with Crippen LogP contribution in [0.3, 0.4) is 0 Å². The van der Waals surface area contributed by atoms with Crippen LogP contribution < -0.4 is 5.73 Å². The Labute approximate surface area is 122 Å². The quantitative estimate of drug-likeness (QED) is 0.654. The molecule has 6 nitrogen and oxygen atoms in total. The number of sulfone groups is 1. The average molecular weight is 327 g/mol. The van der Waals surface area contributed by atoms with Crippen LogP contribution >= 0.6 is 0 Å². The van der Waals surface area contributed by atoms with E-state index in [1.165, 1.54) is 43.3 Å². The van der Waals surface area contributed by atoms with Gasteiger partial charge in [-0.05, 0) is 48.9 Å². The summed E-state index contributed by atoms with van der Waals surface area (Å²) in [6.07, 6.45) is 0. The van der Waals surface area contributed by atoms with Gasteiger partial charge >= 0.3 is 0 Å². The van der Waals surface area contributed by atoms with E-state index < -0.39 is 24.9 Å². The molecular formula is C13H13NO5S2. The van der Waals surface area contributed by atoms with Gasteiger partial charge in [-0.1, -0.05) is 6.07 Å². The van der Waals surface area contributed by atoms with Crippen molar-refractivity contribution in [1.29, 1.82) is 0 Å². The topological polar surface area (TPSA) is 115 Å². The highest BCUT2D eigenvalue weighted by Crippen LogP contribution is 2.25. The minimum absolute atomic E-state index is 0.0122. The van der Waals surface area contributed by atoms with Gasteiger partial charge in [-0.3, -0.25) is 4.55 Å². The lowest BCUT2D eigenvalue weighted by atomic mass is 10.2. The zero-order valence-corrected chi connectivity index (χ0v) is 12.6. The molecule has 0 spiro atoms. The molecule has 0 amide bonds. The fourth-order valence-corrected chi connectivity index (χ4v) is 3.92. The summed E-state index contributed by atoms with van der Waals surface area (Å²) in [5.74, 6) is 0. The summed E-state index contributed by atoms with van der Waals surface area (Å²) in [5.41, 5.74) is 6.17. The van der Waals surface area contributed by atoms with Crippen LogP contribution in [0, 0.1) is 6.92 Å². The van der Waals surface area contributed by atoms with Crippen molar-refractivity contribution in [3.8, 4) is 0 Å². The summed E-state index contributed by atoms with van der Waals surface area (Å²) in [6, 6.07) is 9.09. The van der Waals surface area contributed by atoms with Crippen molar-refractivity contribution < 1.29 is 21.4 Å². The molecule has 112 valence electrons. The number of rotatable bonds is 3. The normalized spacial score (nSPS) is 12.3. The van der Waals surface area contributed by atoms with Gasteiger partial charge in [-0.25, -0.2) is 8.42 Å². The van der Waals surface area contributed by atoms with Gasteiger partial charge in [0.2, 0.25) is 9.84 Å². The Bertz CT molecular complexity index is 885. The standard InChI is InChI=1S/C13H13NO5S2/c1-9-2-5-12(8-13(9)21(17,18)19)20(15,16)11-6-3-10(14)4-7-11/h2-8H,14H2,1H3,(H,17,18,19). The van der Waals surface area contributed by atoms with Gasteiger partial charge in [0.25, 0.3) is 10.1 Å². The third-order valence-electron chi connectivity index (χ3n) is 2.94. The van der Waals surface area contributed by atoms with Crippen LogP contribution in [0.4, 0.5) is 5.69 Å². The molecule has 0 unspecified atom stereocenters.